The number of rotatable bonds is 3. The topological polar surface area (TPSA) is 61.4 Å². The van der Waals surface area contributed by atoms with Crippen LogP contribution >= 0.6 is 0 Å². The van der Waals surface area contributed by atoms with Gasteiger partial charge in [0.2, 0.25) is 0 Å². The fourth-order valence-corrected chi connectivity index (χ4v) is 2.24. The molecular formula is C16H12N6. The summed E-state index contributed by atoms with van der Waals surface area (Å²) < 4.78 is 3.79. The van der Waals surface area contributed by atoms with E-state index in [1.807, 2.05) is 46.1 Å². The third-order valence-corrected chi connectivity index (χ3v) is 3.38. The first-order chi connectivity index (χ1) is 10.9. The van der Waals surface area contributed by atoms with Crippen LogP contribution in [0.3, 0.4) is 0 Å². The maximum absolute atomic E-state index is 4.47. The molecule has 0 N–H and O–H groups in total. The van der Waals surface area contributed by atoms with Gasteiger partial charge in [-0.3, -0.25) is 9.55 Å². The zero-order valence-electron chi connectivity index (χ0n) is 11.6. The third-order valence-electron chi connectivity index (χ3n) is 3.38. The molecule has 22 heavy (non-hydrogen) atoms. The molecule has 0 spiro atoms. The standard InChI is InChI=1S/C16H12N6/c1-2-16(22-6-4-18-12-22)20-9-13(1)14-7-15(10-19-8-14)21-5-3-17-11-21/h1-12H. The maximum Gasteiger partial charge on any atom is 0.137 e. The highest BCUT2D eigenvalue weighted by molar-refractivity contribution is 5.64. The normalized spacial score (nSPS) is 10.7. The zero-order chi connectivity index (χ0) is 14.8. The van der Waals surface area contributed by atoms with Gasteiger partial charge in [-0.2, -0.15) is 0 Å². The average molecular weight is 288 g/mol. The van der Waals surface area contributed by atoms with Gasteiger partial charge in [0.05, 0.1) is 18.2 Å². The lowest BCUT2D eigenvalue weighted by Gasteiger charge is -2.06. The van der Waals surface area contributed by atoms with E-state index in [0.29, 0.717) is 0 Å². The lowest BCUT2D eigenvalue weighted by Crippen LogP contribution is -1.95. The van der Waals surface area contributed by atoms with Crippen LogP contribution in [0.1, 0.15) is 0 Å². The molecule has 4 aromatic heterocycles. The Labute approximate surface area is 126 Å². The number of aromatic nitrogens is 6. The number of nitrogens with zero attached hydrogens (tertiary/aromatic N) is 6. The molecule has 4 rings (SSSR count). The summed E-state index contributed by atoms with van der Waals surface area (Å²) in [6, 6.07) is 6.04. The van der Waals surface area contributed by atoms with Gasteiger partial charge >= 0.3 is 0 Å². The second-order valence-corrected chi connectivity index (χ2v) is 4.78. The van der Waals surface area contributed by atoms with Gasteiger partial charge in [-0.25, -0.2) is 15.0 Å². The molecule has 0 aliphatic heterocycles. The highest BCUT2D eigenvalue weighted by Crippen LogP contribution is 2.21. The predicted molar refractivity (Wildman–Crippen MR) is 81.7 cm³/mol. The van der Waals surface area contributed by atoms with Crippen molar-refractivity contribution in [1.82, 2.24) is 29.1 Å². The van der Waals surface area contributed by atoms with Crippen molar-refractivity contribution in [1.29, 1.82) is 0 Å². The SMILES string of the molecule is c1cn(-c2cncc(-c3ccc(-n4ccnc4)nc3)c2)cn1. The molecule has 4 heterocycles. The lowest BCUT2D eigenvalue weighted by atomic mass is 10.1. The largest absolute Gasteiger partial charge is 0.305 e. The molecule has 0 unspecified atom stereocenters. The Balaban J connectivity index is 1.69. The predicted octanol–water partition coefficient (Wildman–Crippen LogP) is 2.51. The minimum absolute atomic E-state index is 0.833. The molecule has 0 atom stereocenters. The summed E-state index contributed by atoms with van der Waals surface area (Å²) in [6.45, 7) is 0. The number of hydrogen-bond acceptors (Lipinski definition) is 4. The first-order valence-corrected chi connectivity index (χ1v) is 6.78. The Bertz CT molecular complexity index is 863. The van der Waals surface area contributed by atoms with Crippen LogP contribution in [0.2, 0.25) is 0 Å². The van der Waals surface area contributed by atoms with Crippen LogP contribution in [-0.4, -0.2) is 29.1 Å². The monoisotopic (exact) mass is 288 g/mol. The molecule has 106 valence electrons. The van der Waals surface area contributed by atoms with Gasteiger partial charge in [0.25, 0.3) is 0 Å². The second-order valence-electron chi connectivity index (χ2n) is 4.78. The maximum atomic E-state index is 4.47. The minimum atomic E-state index is 0.833. The quantitative estimate of drug-likeness (QED) is 0.581. The molecule has 0 amide bonds. The van der Waals surface area contributed by atoms with Crippen LogP contribution in [0.5, 0.6) is 0 Å². The van der Waals surface area contributed by atoms with Gasteiger partial charge in [-0.05, 0) is 18.2 Å². The van der Waals surface area contributed by atoms with Gasteiger partial charge in [0.1, 0.15) is 12.1 Å². The smallest absolute Gasteiger partial charge is 0.137 e. The molecular weight excluding hydrogens is 276 g/mol. The van der Waals surface area contributed by atoms with Gasteiger partial charge in [0.15, 0.2) is 0 Å². The molecule has 0 saturated heterocycles. The Hall–Kier alpha value is -3.28. The van der Waals surface area contributed by atoms with Crippen molar-refractivity contribution in [2.45, 2.75) is 0 Å². The molecule has 0 aliphatic carbocycles. The van der Waals surface area contributed by atoms with Crippen molar-refractivity contribution in [3.8, 4) is 22.6 Å². The summed E-state index contributed by atoms with van der Waals surface area (Å²) in [5.41, 5.74) is 2.99. The Morgan fingerprint density at radius 3 is 2.23 bits per heavy atom. The van der Waals surface area contributed by atoms with E-state index in [1.165, 1.54) is 0 Å². The van der Waals surface area contributed by atoms with Gasteiger partial charge in [-0.1, -0.05) is 0 Å². The first-order valence-electron chi connectivity index (χ1n) is 6.78. The zero-order valence-corrected chi connectivity index (χ0v) is 11.6. The van der Waals surface area contributed by atoms with Crippen LogP contribution in [-0.2, 0) is 0 Å². The lowest BCUT2D eigenvalue weighted by molar-refractivity contribution is 0.993. The van der Waals surface area contributed by atoms with Gasteiger partial charge in [-0.15, -0.1) is 0 Å². The molecule has 6 heteroatoms. The number of imidazole rings is 2. The molecule has 0 saturated carbocycles. The molecule has 0 aromatic carbocycles. The van der Waals surface area contributed by atoms with Crippen molar-refractivity contribution in [2.75, 3.05) is 0 Å². The van der Waals surface area contributed by atoms with E-state index in [0.717, 1.165) is 22.6 Å². The van der Waals surface area contributed by atoms with Crippen LogP contribution in [0.25, 0.3) is 22.6 Å². The molecule has 6 nitrogen and oxygen atoms in total. The summed E-state index contributed by atoms with van der Waals surface area (Å²) in [4.78, 5) is 16.8. The molecule has 0 radical (unpaired) electrons. The van der Waals surface area contributed by atoms with Crippen molar-refractivity contribution in [2.24, 2.45) is 0 Å². The first kappa shape index (κ1) is 12.5. The Morgan fingerprint density at radius 1 is 0.727 bits per heavy atom. The summed E-state index contributed by atoms with van der Waals surface area (Å²) >= 11 is 0. The summed E-state index contributed by atoms with van der Waals surface area (Å²) in [5, 5.41) is 0. The van der Waals surface area contributed by atoms with Crippen molar-refractivity contribution in [3.63, 3.8) is 0 Å². The van der Waals surface area contributed by atoms with Crippen LogP contribution in [0.4, 0.5) is 0 Å². The van der Waals surface area contributed by atoms with Crippen molar-refractivity contribution in [3.05, 3.63) is 74.2 Å². The molecule has 0 bridgehead atoms. The van der Waals surface area contributed by atoms with Crippen molar-refractivity contribution < 1.29 is 0 Å². The summed E-state index contributed by atoms with van der Waals surface area (Å²) in [6.07, 6.45) is 16.2. The van der Waals surface area contributed by atoms with Crippen LogP contribution < -0.4 is 0 Å². The third kappa shape index (κ3) is 2.26. The minimum Gasteiger partial charge on any atom is -0.305 e. The van der Waals surface area contributed by atoms with E-state index in [-0.39, 0.29) is 0 Å². The summed E-state index contributed by atoms with van der Waals surface area (Å²) in [5.74, 6) is 0.833. The van der Waals surface area contributed by atoms with Crippen molar-refractivity contribution >= 4 is 0 Å². The van der Waals surface area contributed by atoms with Gasteiger partial charge < -0.3 is 4.57 Å². The Morgan fingerprint density at radius 2 is 1.55 bits per heavy atom. The van der Waals surface area contributed by atoms with Crippen LogP contribution in [0.15, 0.2) is 74.2 Å². The highest BCUT2D eigenvalue weighted by Gasteiger charge is 2.03. The fraction of sp³-hybridized carbons (Fsp3) is 0. The van der Waals surface area contributed by atoms with E-state index < -0.39 is 0 Å². The molecule has 0 fully saturated rings. The van der Waals surface area contributed by atoms with Gasteiger partial charge in [0, 0.05) is 48.3 Å². The molecule has 4 aromatic rings. The van der Waals surface area contributed by atoms with E-state index in [4.69, 9.17) is 0 Å². The fourth-order valence-electron chi connectivity index (χ4n) is 2.24. The van der Waals surface area contributed by atoms with E-state index >= 15 is 0 Å². The second kappa shape index (κ2) is 5.25. The van der Waals surface area contributed by atoms with Crippen LogP contribution in [0, 0.1) is 0 Å². The number of hydrogen-bond donors (Lipinski definition) is 0. The van der Waals surface area contributed by atoms with E-state index in [1.54, 1.807) is 31.2 Å². The van der Waals surface area contributed by atoms with E-state index in [9.17, 15) is 0 Å². The summed E-state index contributed by atoms with van der Waals surface area (Å²) in [7, 11) is 0. The number of pyridine rings is 2. The average Bonchev–Trinajstić information content (AvgIpc) is 3.29. The highest BCUT2D eigenvalue weighted by atomic mass is 15.1. The Kier molecular flexibility index (Phi) is 2.97. The molecule has 0 aliphatic rings. The van der Waals surface area contributed by atoms with E-state index in [2.05, 4.69) is 26.0 Å².